The molecule has 0 aromatic carbocycles. The lowest BCUT2D eigenvalue weighted by atomic mass is 9.77. The van der Waals surface area contributed by atoms with Crippen LogP contribution in [0.3, 0.4) is 0 Å². The van der Waals surface area contributed by atoms with Crippen LogP contribution >= 0.6 is 0 Å². The minimum absolute atomic E-state index is 0.0313. The number of amides is 1. The minimum atomic E-state index is -0.0313. The highest BCUT2D eigenvalue weighted by molar-refractivity contribution is 5.94. The number of nitrogens with zero attached hydrogens (tertiary/aromatic N) is 5. The molecule has 1 fully saturated rings. The molecule has 1 saturated heterocycles. The minimum Gasteiger partial charge on any atom is -0.347 e. The number of fused-ring (bicyclic) bond motifs is 3. The highest BCUT2D eigenvalue weighted by Crippen LogP contribution is 2.44. The number of carbonyl (C=O) groups is 1. The largest absolute Gasteiger partial charge is 0.347 e. The van der Waals surface area contributed by atoms with Crippen molar-refractivity contribution in [2.45, 2.75) is 50.4 Å². The van der Waals surface area contributed by atoms with Crippen molar-refractivity contribution < 1.29 is 4.79 Å². The van der Waals surface area contributed by atoms with Crippen LogP contribution in [0.4, 0.5) is 5.95 Å². The molecule has 0 saturated carbocycles. The van der Waals surface area contributed by atoms with Gasteiger partial charge in [0.05, 0.1) is 5.69 Å². The van der Waals surface area contributed by atoms with Gasteiger partial charge < -0.3 is 9.80 Å². The zero-order chi connectivity index (χ0) is 18.6. The number of hydrogen-bond donors (Lipinski definition) is 1. The number of aryl methyl sites for hydroxylation is 2. The number of nitrogens with one attached hydrogen (secondary N) is 1. The van der Waals surface area contributed by atoms with E-state index in [1.165, 1.54) is 5.56 Å². The molecule has 2 aliphatic carbocycles. The highest BCUT2D eigenvalue weighted by atomic mass is 16.2. The smallest absolute Gasteiger partial charge is 0.274 e. The second-order valence-electron chi connectivity index (χ2n) is 8.43. The second-order valence-corrected chi connectivity index (χ2v) is 8.43. The van der Waals surface area contributed by atoms with Gasteiger partial charge in [0.25, 0.3) is 5.91 Å². The van der Waals surface area contributed by atoms with E-state index < -0.39 is 0 Å². The molecule has 5 rings (SSSR count). The number of piperidine rings is 1. The summed E-state index contributed by atoms with van der Waals surface area (Å²) in [6.07, 6.45) is 9.23. The second kappa shape index (κ2) is 6.04. The van der Waals surface area contributed by atoms with Crippen molar-refractivity contribution in [1.82, 2.24) is 25.1 Å². The number of H-pyrrole nitrogens is 1. The van der Waals surface area contributed by atoms with E-state index in [1.807, 2.05) is 30.1 Å². The molecular formula is C20H26N6O. The Morgan fingerprint density at radius 2 is 2.11 bits per heavy atom. The van der Waals surface area contributed by atoms with Crippen LogP contribution in [0.5, 0.6) is 0 Å². The summed E-state index contributed by atoms with van der Waals surface area (Å²) in [5.74, 6) is 0.840. The van der Waals surface area contributed by atoms with Gasteiger partial charge in [-0.1, -0.05) is 0 Å². The summed E-state index contributed by atoms with van der Waals surface area (Å²) in [5.41, 5.74) is 5.32. The monoisotopic (exact) mass is 366 g/mol. The number of rotatable bonds is 2. The molecular weight excluding hydrogens is 340 g/mol. The first-order valence-corrected chi connectivity index (χ1v) is 9.96. The zero-order valence-electron chi connectivity index (χ0n) is 16.1. The maximum atomic E-state index is 13.3. The standard InChI is InChI=1S/C20H26N6O/c1-25(2)19-21-11-13-7-9-20(17(13)22-19)8-4-10-26(12-20)18(27)16-14-5-3-6-15(14)23-24-16/h11H,3-10,12H2,1-2H3,(H,23,24). The Morgan fingerprint density at radius 3 is 2.96 bits per heavy atom. The lowest BCUT2D eigenvalue weighted by Crippen LogP contribution is -2.48. The number of hydrogen-bond acceptors (Lipinski definition) is 5. The Balaban J connectivity index is 1.45. The van der Waals surface area contributed by atoms with Gasteiger partial charge in [-0.3, -0.25) is 9.89 Å². The molecule has 7 nitrogen and oxygen atoms in total. The molecule has 1 atom stereocenters. The molecule has 1 amide bonds. The molecule has 1 unspecified atom stereocenters. The van der Waals surface area contributed by atoms with E-state index in [1.54, 1.807) is 0 Å². The lowest BCUT2D eigenvalue weighted by molar-refractivity contribution is 0.0626. The van der Waals surface area contributed by atoms with Crippen molar-refractivity contribution in [3.63, 3.8) is 0 Å². The van der Waals surface area contributed by atoms with Crippen LogP contribution in [-0.4, -0.2) is 58.2 Å². The molecule has 1 spiro atoms. The fourth-order valence-electron chi connectivity index (χ4n) is 5.10. The molecule has 27 heavy (non-hydrogen) atoms. The molecule has 2 aromatic rings. The number of carbonyl (C=O) groups excluding carboxylic acids is 1. The van der Waals surface area contributed by atoms with E-state index in [0.717, 1.165) is 80.9 Å². The maximum absolute atomic E-state index is 13.3. The number of likely N-dealkylation sites (tertiary alicyclic amines) is 1. The fraction of sp³-hybridized carbons (Fsp3) is 0.600. The van der Waals surface area contributed by atoms with Crippen LogP contribution in [0.1, 0.15) is 58.7 Å². The van der Waals surface area contributed by atoms with Gasteiger partial charge in [-0.15, -0.1) is 0 Å². The lowest BCUT2D eigenvalue weighted by Gasteiger charge is -2.40. The molecule has 0 radical (unpaired) electrons. The van der Waals surface area contributed by atoms with Crippen LogP contribution in [0, 0.1) is 0 Å². The number of aromatic amines is 1. The van der Waals surface area contributed by atoms with E-state index in [-0.39, 0.29) is 11.3 Å². The highest BCUT2D eigenvalue weighted by Gasteiger charge is 2.45. The van der Waals surface area contributed by atoms with Gasteiger partial charge in [-0.05, 0) is 50.5 Å². The quantitative estimate of drug-likeness (QED) is 0.878. The predicted octanol–water partition coefficient (Wildman–Crippen LogP) is 1.87. The average molecular weight is 366 g/mol. The first kappa shape index (κ1) is 16.7. The zero-order valence-corrected chi connectivity index (χ0v) is 16.1. The Hall–Kier alpha value is -2.44. The van der Waals surface area contributed by atoms with Crippen molar-refractivity contribution in [2.75, 3.05) is 32.1 Å². The first-order chi connectivity index (χ1) is 13.1. The molecule has 7 heteroatoms. The average Bonchev–Trinajstić information content (AvgIpc) is 3.37. The van der Waals surface area contributed by atoms with Gasteiger partial charge in [0.2, 0.25) is 5.95 Å². The van der Waals surface area contributed by atoms with Crippen molar-refractivity contribution in [1.29, 1.82) is 0 Å². The third-order valence-corrected chi connectivity index (χ3v) is 6.50. The van der Waals surface area contributed by atoms with Gasteiger partial charge in [-0.25, -0.2) is 9.97 Å². The molecule has 142 valence electrons. The normalized spacial score (nSPS) is 23.6. The van der Waals surface area contributed by atoms with Crippen LogP contribution in [0.25, 0.3) is 0 Å². The molecule has 3 heterocycles. The third kappa shape index (κ3) is 2.55. The van der Waals surface area contributed by atoms with Crippen LogP contribution in [0.2, 0.25) is 0 Å². The van der Waals surface area contributed by atoms with E-state index >= 15 is 0 Å². The van der Waals surface area contributed by atoms with E-state index in [4.69, 9.17) is 4.98 Å². The summed E-state index contributed by atoms with van der Waals surface area (Å²) in [6, 6.07) is 0. The van der Waals surface area contributed by atoms with E-state index in [2.05, 4.69) is 15.2 Å². The number of anilines is 1. The van der Waals surface area contributed by atoms with Gasteiger partial charge in [0.1, 0.15) is 0 Å². The maximum Gasteiger partial charge on any atom is 0.274 e. The Bertz CT molecular complexity index is 900. The summed E-state index contributed by atoms with van der Waals surface area (Å²) in [4.78, 5) is 26.6. The predicted molar refractivity (Wildman–Crippen MR) is 102 cm³/mol. The molecule has 1 aliphatic heterocycles. The first-order valence-electron chi connectivity index (χ1n) is 9.96. The third-order valence-electron chi connectivity index (χ3n) is 6.50. The summed E-state index contributed by atoms with van der Waals surface area (Å²) in [6.45, 7) is 1.55. The molecule has 0 bridgehead atoms. The summed E-state index contributed by atoms with van der Waals surface area (Å²) < 4.78 is 0. The van der Waals surface area contributed by atoms with Gasteiger partial charge >= 0.3 is 0 Å². The van der Waals surface area contributed by atoms with E-state index in [0.29, 0.717) is 5.69 Å². The van der Waals surface area contributed by atoms with Crippen molar-refractivity contribution in [2.24, 2.45) is 0 Å². The van der Waals surface area contributed by atoms with Crippen molar-refractivity contribution in [3.05, 3.63) is 34.4 Å². The van der Waals surface area contributed by atoms with E-state index in [9.17, 15) is 4.79 Å². The van der Waals surface area contributed by atoms with Crippen LogP contribution < -0.4 is 4.90 Å². The molecule has 3 aliphatic rings. The SMILES string of the molecule is CN(C)c1ncc2c(n1)C1(CCCN(C(=O)c3n[nH]c4c3CCC4)C1)CC2. The van der Waals surface area contributed by atoms with Gasteiger partial charge in [0, 0.05) is 50.1 Å². The molecule has 2 aromatic heterocycles. The summed E-state index contributed by atoms with van der Waals surface area (Å²) >= 11 is 0. The van der Waals surface area contributed by atoms with Crippen LogP contribution in [-0.2, 0) is 24.7 Å². The fourth-order valence-corrected chi connectivity index (χ4v) is 5.10. The van der Waals surface area contributed by atoms with Gasteiger partial charge in [-0.2, -0.15) is 5.10 Å². The van der Waals surface area contributed by atoms with Gasteiger partial charge in [0.15, 0.2) is 5.69 Å². The topological polar surface area (TPSA) is 78.0 Å². The van der Waals surface area contributed by atoms with Crippen LogP contribution in [0.15, 0.2) is 6.20 Å². The van der Waals surface area contributed by atoms with Crippen molar-refractivity contribution >= 4 is 11.9 Å². The summed E-state index contributed by atoms with van der Waals surface area (Å²) in [7, 11) is 3.94. The Kier molecular flexibility index (Phi) is 3.74. The molecule has 1 N–H and O–H groups in total. The number of aromatic nitrogens is 4. The Morgan fingerprint density at radius 1 is 1.22 bits per heavy atom. The van der Waals surface area contributed by atoms with Crippen molar-refractivity contribution in [3.8, 4) is 0 Å². The Labute approximate surface area is 159 Å². The summed E-state index contributed by atoms with van der Waals surface area (Å²) in [5, 5.41) is 7.44.